The van der Waals surface area contributed by atoms with Crippen LogP contribution in [-0.2, 0) is 73.2 Å². The summed E-state index contributed by atoms with van der Waals surface area (Å²) in [4.78, 5) is 9.44. The summed E-state index contributed by atoms with van der Waals surface area (Å²) in [7, 11) is 0. The minimum absolute atomic E-state index is 0. The third-order valence-electron chi connectivity index (χ3n) is 10.8. The monoisotopic (exact) mass is 994 g/mol. The first-order valence-corrected chi connectivity index (χ1v) is 20.7. The molecule has 61 heavy (non-hydrogen) atoms. The van der Waals surface area contributed by atoms with E-state index < -0.39 is 11.5 Å². The van der Waals surface area contributed by atoms with Gasteiger partial charge in [-0.15, -0.1) is 34.5 Å². The quantitative estimate of drug-likeness (QED) is 0.148. The molecule has 1 aliphatic rings. The molecule has 0 saturated carbocycles. The van der Waals surface area contributed by atoms with E-state index in [1.807, 2.05) is 48.5 Å². The van der Waals surface area contributed by atoms with Crippen LogP contribution in [0.2, 0.25) is 0 Å². The second-order valence-corrected chi connectivity index (χ2v) is 20.6. The molecular formula is C53H62O7W-6. The molecule has 0 atom stereocenters. The van der Waals surface area contributed by atoms with Crippen molar-refractivity contribution < 1.29 is 56.5 Å². The Kier molecular flexibility index (Phi) is 15.9. The van der Waals surface area contributed by atoms with Crippen LogP contribution in [0.25, 0.3) is 0 Å². The first-order valence-electron chi connectivity index (χ1n) is 20.7. The first kappa shape index (κ1) is 50.6. The second-order valence-electron chi connectivity index (χ2n) is 20.6. The third kappa shape index (κ3) is 12.9. The Balaban J connectivity index is 0.000000662. The van der Waals surface area contributed by atoms with Crippen molar-refractivity contribution in [2.75, 3.05) is 0 Å². The number of Topliss-reactive ketones (excluding diaryl/α,β-unsaturated/α-hetero) is 1. The molecule has 8 heteroatoms. The molecule has 5 aromatic carbocycles. The molecule has 0 N–H and O–H groups in total. The fourth-order valence-electron chi connectivity index (χ4n) is 7.07. The molecule has 1 aliphatic carbocycles. The van der Waals surface area contributed by atoms with Crippen molar-refractivity contribution >= 4 is 5.78 Å². The van der Waals surface area contributed by atoms with Gasteiger partial charge in [0.15, 0.2) is 0 Å². The number of benzene rings is 5. The summed E-state index contributed by atoms with van der Waals surface area (Å²) in [6.45, 7) is 28.4. The summed E-state index contributed by atoms with van der Waals surface area (Å²) < 4.78 is 0. The molecule has 0 spiro atoms. The average molecular weight is 995 g/mol. The van der Waals surface area contributed by atoms with Gasteiger partial charge >= 0.3 is 0 Å². The molecular weight excluding hydrogens is 932 g/mol. The minimum atomic E-state index is -0.437. The van der Waals surface area contributed by atoms with E-state index in [4.69, 9.17) is 0 Å². The summed E-state index contributed by atoms with van der Waals surface area (Å²) in [6, 6.07) is 21.2. The van der Waals surface area contributed by atoms with Crippen LogP contribution in [0.5, 0.6) is 34.5 Å². The van der Waals surface area contributed by atoms with Crippen molar-refractivity contribution in [2.24, 2.45) is 0 Å². The van der Waals surface area contributed by atoms with E-state index in [1.54, 1.807) is 12.1 Å². The average Bonchev–Trinajstić information content (AvgIpc) is 3.10. The SMILES string of the molecule is CC(C)(C)c1cc2c([O-])c(c1)Cc1cc(C(C)(C)C)cc(c1[O-])Cc1cc(C(C)(C)C)cc(c1[O-])Cc1cc(C(C)(C)C)cc(c1[O-])C2.CC(C)=O.[O-]c1ccccc1[O-].[W]. The number of carbonyl (C=O) groups is 1. The van der Waals surface area contributed by atoms with Gasteiger partial charge in [0.2, 0.25) is 0 Å². The summed E-state index contributed by atoms with van der Waals surface area (Å²) in [5.74, 6) is -1.20. The Bertz CT molecular complexity index is 1970. The Labute approximate surface area is 378 Å². The Morgan fingerprint density at radius 3 is 0.639 bits per heavy atom. The Morgan fingerprint density at radius 1 is 0.377 bits per heavy atom. The number of hydrogen-bond acceptors (Lipinski definition) is 7. The number of hydrogen-bond donors (Lipinski definition) is 0. The molecule has 0 radical (unpaired) electrons. The smallest absolute Gasteiger partial charge is 0.126 e. The maximum Gasteiger partial charge on any atom is 0.126 e. The Morgan fingerprint density at radius 2 is 0.525 bits per heavy atom. The van der Waals surface area contributed by atoms with Gasteiger partial charge in [-0.3, -0.25) is 0 Å². The molecule has 0 aliphatic heterocycles. The van der Waals surface area contributed by atoms with Crippen LogP contribution in [0.3, 0.4) is 0 Å². The van der Waals surface area contributed by atoms with Crippen LogP contribution in [0.15, 0.2) is 72.8 Å². The van der Waals surface area contributed by atoms with E-state index in [0.29, 0.717) is 44.5 Å². The molecule has 5 aromatic rings. The van der Waals surface area contributed by atoms with Gasteiger partial charge in [0.1, 0.15) is 5.78 Å². The van der Waals surface area contributed by atoms with Crippen LogP contribution in [0.4, 0.5) is 0 Å². The van der Waals surface area contributed by atoms with Crippen molar-refractivity contribution in [1.29, 1.82) is 0 Å². The number of fused-ring (bicyclic) bond motifs is 8. The van der Waals surface area contributed by atoms with Gasteiger partial charge < -0.3 is 35.4 Å². The number of ketones is 1. The fraction of sp³-hybridized carbons (Fsp3) is 0.415. The van der Waals surface area contributed by atoms with Crippen LogP contribution in [0.1, 0.15) is 164 Å². The zero-order valence-electron chi connectivity index (χ0n) is 38.5. The van der Waals surface area contributed by atoms with Crippen LogP contribution < -0.4 is 30.6 Å². The van der Waals surface area contributed by atoms with Gasteiger partial charge in [-0.1, -0.05) is 200 Å². The van der Waals surface area contributed by atoms with Crippen LogP contribution in [0, 0.1) is 0 Å². The summed E-state index contributed by atoms with van der Waals surface area (Å²) in [5.41, 5.74) is 7.39. The van der Waals surface area contributed by atoms with Crippen molar-refractivity contribution in [3.8, 4) is 34.5 Å². The van der Waals surface area contributed by atoms with Gasteiger partial charge in [-0.25, -0.2) is 0 Å². The second kappa shape index (κ2) is 19.1. The van der Waals surface area contributed by atoms with Gasteiger partial charge in [0.25, 0.3) is 0 Å². The van der Waals surface area contributed by atoms with Crippen molar-refractivity contribution in [1.82, 2.24) is 0 Å². The van der Waals surface area contributed by atoms with Crippen molar-refractivity contribution in [2.45, 2.75) is 144 Å². The van der Waals surface area contributed by atoms with E-state index >= 15 is 0 Å². The largest absolute Gasteiger partial charge is 0.873 e. The number of carbonyl (C=O) groups excluding carboxylic acids is 1. The van der Waals surface area contributed by atoms with Gasteiger partial charge in [-0.05, 0) is 83.4 Å². The molecule has 8 bridgehead atoms. The van der Waals surface area contributed by atoms with E-state index in [9.17, 15) is 35.4 Å². The summed E-state index contributed by atoms with van der Waals surface area (Å²) in [5, 5.41) is 77.7. The first-order chi connectivity index (χ1) is 27.5. The summed E-state index contributed by atoms with van der Waals surface area (Å²) in [6.07, 6.45) is 0.724. The standard InChI is InChI=1S/C44H56O4.C6H6O2.C3H6O.W/c1-41(2,3)33-17-25-13-27-19-34(42(4,5)6)21-29(38(27)46)15-31-23-36(44(10,11)12)24-32(40(31)48)16-30-22-35(43(7,8)9)20-28(39(30)47)14-26(18-33)37(25)45;7-5-3-1-2-4-6(5)8;1-3(2)4;/h17-24,45-48H,13-16H2,1-12H3;1-4,7-8H;1-2H3;/p-6. The number of para-hydroxylation sites is 2. The number of rotatable bonds is 0. The summed E-state index contributed by atoms with van der Waals surface area (Å²) >= 11 is 0. The maximum atomic E-state index is 14.3. The molecule has 328 valence electrons. The molecule has 0 fully saturated rings. The molecule has 0 amide bonds. The topological polar surface area (TPSA) is 155 Å². The molecule has 0 saturated heterocycles. The van der Waals surface area contributed by atoms with Crippen LogP contribution in [-0.4, -0.2) is 5.78 Å². The molecule has 0 heterocycles. The maximum absolute atomic E-state index is 14.3. The third-order valence-corrected chi connectivity index (χ3v) is 10.8. The van der Waals surface area contributed by atoms with E-state index in [-0.39, 0.29) is 97.2 Å². The van der Waals surface area contributed by atoms with Gasteiger partial charge in [0.05, 0.1) is 0 Å². The molecule has 0 aromatic heterocycles. The van der Waals surface area contributed by atoms with Crippen molar-refractivity contribution in [3.05, 3.63) is 140 Å². The van der Waals surface area contributed by atoms with E-state index in [0.717, 1.165) is 22.3 Å². The zero-order valence-corrected chi connectivity index (χ0v) is 41.5. The van der Waals surface area contributed by atoms with Gasteiger partial charge in [0, 0.05) is 21.1 Å². The fourth-order valence-corrected chi connectivity index (χ4v) is 7.07. The van der Waals surface area contributed by atoms with Crippen molar-refractivity contribution in [3.63, 3.8) is 0 Å². The molecule has 0 unspecified atom stereocenters. The molecule has 6 rings (SSSR count). The predicted octanol–water partition coefficient (Wildman–Crippen LogP) is 8.27. The predicted molar refractivity (Wildman–Crippen MR) is 231 cm³/mol. The normalized spacial score (nSPS) is 12.8. The van der Waals surface area contributed by atoms with E-state index in [2.05, 4.69) is 83.1 Å². The van der Waals surface area contributed by atoms with Gasteiger partial charge in [-0.2, -0.15) is 0 Å². The van der Waals surface area contributed by atoms with Crippen LogP contribution >= 0.6 is 0 Å². The Hall–Kier alpha value is -4.74. The molecule has 7 nitrogen and oxygen atoms in total. The van der Waals surface area contributed by atoms with E-state index in [1.165, 1.54) is 26.0 Å². The minimum Gasteiger partial charge on any atom is -0.873 e. The zero-order chi connectivity index (χ0) is 45.3.